The molecular formula is C13H22N4O4. The molecule has 2 heterocycles. The van der Waals surface area contributed by atoms with Crippen molar-refractivity contribution in [1.29, 1.82) is 0 Å². The maximum Gasteiger partial charge on any atom is 0.406 e. The van der Waals surface area contributed by atoms with Crippen molar-refractivity contribution in [3.63, 3.8) is 0 Å². The number of amides is 1. The van der Waals surface area contributed by atoms with Gasteiger partial charge in [0.1, 0.15) is 11.9 Å². The van der Waals surface area contributed by atoms with Crippen LogP contribution in [0.3, 0.4) is 0 Å². The second kappa shape index (κ2) is 8.28. The Kier molecular flexibility index (Phi) is 6.70. The van der Waals surface area contributed by atoms with Gasteiger partial charge in [0.15, 0.2) is 0 Å². The van der Waals surface area contributed by atoms with Gasteiger partial charge in [-0.2, -0.15) is 0 Å². The van der Waals surface area contributed by atoms with Crippen LogP contribution in [0.2, 0.25) is 0 Å². The first-order valence-corrected chi connectivity index (χ1v) is 6.53. The first-order valence-electron chi connectivity index (χ1n) is 6.53. The number of amidine groups is 1. The van der Waals surface area contributed by atoms with E-state index in [0.717, 1.165) is 36.8 Å². The van der Waals surface area contributed by atoms with Gasteiger partial charge in [0.25, 0.3) is 0 Å². The van der Waals surface area contributed by atoms with Gasteiger partial charge < -0.3 is 30.5 Å². The maximum absolute atomic E-state index is 9.73. The minimum atomic E-state index is -0.907. The minimum absolute atomic E-state index is 0.247. The Morgan fingerprint density at radius 1 is 1.52 bits per heavy atom. The Balaban J connectivity index is 0.000000315. The highest BCUT2D eigenvalue weighted by Crippen LogP contribution is 2.12. The Morgan fingerprint density at radius 3 is 2.62 bits per heavy atom. The van der Waals surface area contributed by atoms with Crippen molar-refractivity contribution >= 4 is 11.9 Å². The monoisotopic (exact) mass is 298 g/mol. The molecule has 4 N–H and O–H groups in total. The summed E-state index contributed by atoms with van der Waals surface area (Å²) in [7, 11) is 2.95. The molecular weight excluding hydrogens is 276 g/mol. The molecule has 1 fully saturated rings. The molecule has 0 bridgehead atoms. The zero-order valence-corrected chi connectivity index (χ0v) is 12.3. The molecule has 2 rings (SSSR count). The van der Waals surface area contributed by atoms with Crippen LogP contribution in [0.25, 0.3) is 0 Å². The van der Waals surface area contributed by atoms with Gasteiger partial charge >= 0.3 is 6.09 Å². The van der Waals surface area contributed by atoms with Crippen LogP contribution >= 0.6 is 0 Å². The number of aliphatic hydroxyl groups excluding tert-OH is 1. The van der Waals surface area contributed by atoms with E-state index < -0.39 is 12.2 Å². The molecule has 1 unspecified atom stereocenters. The zero-order chi connectivity index (χ0) is 15.8. The molecule has 8 nitrogen and oxygen atoms in total. The van der Waals surface area contributed by atoms with Crippen LogP contribution in [0.4, 0.5) is 4.79 Å². The van der Waals surface area contributed by atoms with E-state index in [1.54, 1.807) is 12.3 Å². The van der Waals surface area contributed by atoms with E-state index >= 15 is 0 Å². The summed E-state index contributed by atoms with van der Waals surface area (Å²) in [5.74, 6) is 0.247. The van der Waals surface area contributed by atoms with Crippen molar-refractivity contribution in [2.45, 2.75) is 6.10 Å². The normalized spacial score (nSPS) is 23.2. The summed E-state index contributed by atoms with van der Waals surface area (Å²) in [5, 5.41) is 17.7. The highest BCUT2D eigenvalue weighted by molar-refractivity contribution is 5.89. The molecule has 1 atom stereocenters. The summed E-state index contributed by atoms with van der Waals surface area (Å²) < 4.78 is 5.24. The summed E-state index contributed by atoms with van der Waals surface area (Å²) in [6.45, 7) is 3.16. The molecule has 0 aromatic rings. The Morgan fingerprint density at radius 2 is 2.10 bits per heavy atom. The predicted molar refractivity (Wildman–Crippen MR) is 79.0 cm³/mol. The van der Waals surface area contributed by atoms with Crippen molar-refractivity contribution in [2.75, 3.05) is 40.4 Å². The lowest BCUT2D eigenvalue weighted by atomic mass is 10.1. The largest absolute Gasteiger partial charge is 0.465 e. The molecule has 2 aliphatic rings. The van der Waals surface area contributed by atoms with Gasteiger partial charge in [-0.25, -0.2) is 9.79 Å². The lowest BCUT2D eigenvalue weighted by Crippen LogP contribution is -2.35. The van der Waals surface area contributed by atoms with E-state index in [0.29, 0.717) is 0 Å². The molecule has 2 aliphatic heterocycles. The number of nitrogens with zero attached hydrogens (tertiary/aromatic N) is 3. The zero-order valence-electron chi connectivity index (χ0n) is 12.3. The summed E-state index contributed by atoms with van der Waals surface area (Å²) in [6.07, 6.45) is 3.61. The van der Waals surface area contributed by atoms with Gasteiger partial charge in [0.05, 0.1) is 13.2 Å². The fraction of sp³-hybridized carbons (Fsp3) is 0.538. The van der Waals surface area contributed by atoms with E-state index in [-0.39, 0.29) is 5.84 Å². The summed E-state index contributed by atoms with van der Waals surface area (Å²) >= 11 is 0. The van der Waals surface area contributed by atoms with Crippen LogP contribution in [-0.2, 0) is 4.74 Å². The smallest absolute Gasteiger partial charge is 0.406 e. The van der Waals surface area contributed by atoms with Crippen LogP contribution in [0, 0.1) is 0 Å². The van der Waals surface area contributed by atoms with E-state index in [1.807, 2.05) is 6.20 Å². The average Bonchev–Trinajstić information content (AvgIpc) is 2.45. The number of hydrogen-bond donors (Lipinski definition) is 3. The van der Waals surface area contributed by atoms with Gasteiger partial charge in [-0.1, -0.05) is 0 Å². The van der Waals surface area contributed by atoms with E-state index in [9.17, 15) is 9.90 Å². The van der Waals surface area contributed by atoms with Gasteiger partial charge in [-0.05, 0) is 6.08 Å². The number of ether oxygens (including phenoxy) is 1. The quantitative estimate of drug-likeness (QED) is 0.611. The predicted octanol–water partition coefficient (Wildman–Crippen LogP) is -0.326. The third-order valence-electron chi connectivity index (χ3n) is 2.85. The van der Waals surface area contributed by atoms with Gasteiger partial charge in [-0.15, -0.1) is 0 Å². The fourth-order valence-corrected chi connectivity index (χ4v) is 1.57. The molecule has 0 radical (unpaired) electrons. The van der Waals surface area contributed by atoms with Gasteiger partial charge in [-0.3, -0.25) is 0 Å². The van der Waals surface area contributed by atoms with Crippen molar-refractivity contribution in [2.24, 2.45) is 10.7 Å². The fourth-order valence-electron chi connectivity index (χ4n) is 1.57. The number of carboxylic acid groups (broad SMARTS) is 1. The molecule has 0 aliphatic carbocycles. The number of hydrogen-bond acceptors (Lipinski definition) is 6. The standard InChI is InChI=1S/C10H15N3O2.C3H7NO2/c11-10-9(14)8(1-2-12-10)7-13-3-5-15-6-4-13;1-4(2)3(5)6/h1-2,7,9,14H,3-6H2,(H2,11,12);1-2H3,(H,5,6). The summed E-state index contributed by atoms with van der Waals surface area (Å²) in [5.41, 5.74) is 6.32. The van der Waals surface area contributed by atoms with Crippen molar-refractivity contribution in [1.82, 2.24) is 9.80 Å². The highest BCUT2D eigenvalue weighted by Gasteiger charge is 2.17. The SMILES string of the molecule is CN(C)C(=O)O.NC1=NC=CC(=CN2CCOCC2)C1O. The Hall–Kier alpha value is -2.06. The molecule has 0 aromatic heterocycles. The molecule has 118 valence electrons. The first-order chi connectivity index (χ1) is 9.91. The van der Waals surface area contributed by atoms with Crippen molar-refractivity contribution < 1.29 is 19.7 Å². The van der Waals surface area contributed by atoms with Crippen LogP contribution in [0.15, 0.2) is 29.0 Å². The summed E-state index contributed by atoms with van der Waals surface area (Å²) in [6, 6.07) is 0. The Labute approximate surface area is 123 Å². The average molecular weight is 298 g/mol. The van der Waals surface area contributed by atoms with E-state index in [4.69, 9.17) is 15.6 Å². The number of nitrogens with two attached hydrogens (primary N) is 1. The third-order valence-corrected chi connectivity index (χ3v) is 2.85. The van der Waals surface area contributed by atoms with Crippen LogP contribution in [0.1, 0.15) is 0 Å². The molecule has 1 saturated heterocycles. The molecule has 0 aromatic carbocycles. The second-order valence-corrected chi connectivity index (χ2v) is 4.73. The van der Waals surface area contributed by atoms with Crippen LogP contribution in [-0.4, -0.2) is 78.4 Å². The highest BCUT2D eigenvalue weighted by atomic mass is 16.5. The molecule has 1 amide bonds. The molecule has 0 saturated carbocycles. The lowest BCUT2D eigenvalue weighted by molar-refractivity contribution is 0.0586. The number of rotatable bonds is 1. The van der Waals surface area contributed by atoms with Gasteiger partial charge in [0.2, 0.25) is 0 Å². The van der Waals surface area contributed by atoms with Crippen molar-refractivity contribution in [3.8, 4) is 0 Å². The summed E-state index contributed by atoms with van der Waals surface area (Å²) in [4.78, 5) is 16.7. The maximum atomic E-state index is 9.73. The van der Waals surface area contributed by atoms with E-state index in [2.05, 4.69) is 9.89 Å². The molecule has 0 spiro atoms. The van der Waals surface area contributed by atoms with Gasteiger partial charge in [0, 0.05) is 45.2 Å². The second-order valence-electron chi connectivity index (χ2n) is 4.73. The molecule has 8 heteroatoms. The molecule has 21 heavy (non-hydrogen) atoms. The van der Waals surface area contributed by atoms with Crippen molar-refractivity contribution in [3.05, 3.63) is 24.0 Å². The number of carbonyl (C=O) groups is 1. The number of aliphatic hydroxyl groups is 1. The van der Waals surface area contributed by atoms with Crippen LogP contribution in [0.5, 0.6) is 0 Å². The minimum Gasteiger partial charge on any atom is -0.465 e. The Bertz CT molecular complexity index is 439. The lowest BCUT2D eigenvalue weighted by Gasteiger charge is -2.27. The topological polar surface area (TPSA) is 112 Å². The first kappa shape index (κ1) is 17.0. The number of morpholine rings is 1. The third kappa shape index (κ3) is 5.84. The van der Waals surface area contributed by atoms with E-state index in [1.165, 1.54) is 14.1 Å². The number of aliphatic imine (C=N–C) groups is 1. The van der Waals surface area contributed by atoms with Crippen LogP contribution < -0.4 is 5.73 Å².